The maximum Gasteiger partial charge on any atom is 0.425 e. The monoisotopic (exact) mass is 923 g/mol. The van der Waals surface area contributed by atoms with Crippen LogP contribution in [0.25, 0.3) is 22.9 Å². The van der Waals surface area contributed by atoms with Crippen molar-refractivity contribution in [1.82, 2.24) is 0 Å². The Morgan fingerprint density at radius 3 is 1.92 bits per heavy atom. The minimum Gasteiger partial charge on any atom is -0.506 e. The van der Waals surface area contributed by atoms with Gasteiger partial charge in [0, 0.05) is 52.0 Å². The molecule has 0 spiro atoms. The quantitative estimate of drug-likeness (QED) is 0.0250. The second kappa shape index (κ2) is 21.7. The van der Waals surface area contributed by atoms with Crippen molar-refractivity contribution in [3.05, 3.63) is 142 Å². The number of nitro groups is 1. The number of hydrogen-bond acceptors (Lipinski definition) is 17. The van der Waals surface area contributed by atoms with Gasteiger partial charge in [0.25, 0.3) is 15.8 Å². The van der Waals surface area contributed by atoms with Gasteiger partial charge in [-0.15, -0.1) is 35.5 Å². The Hall–Kier alpha value is -7.01. The van der Waals surface area contributed by atoms with E-state index in [1.807, 2.05) is 48.5 Å². The summed E-state index contributed by atoms with van der Waals surface area (Å²) in [5.74, 6) is -0.231. The molecule has 0 atom stereocenters. The Morgan fingerprint density at radius 1 is 0.683 bits per heavy atom. The topological polar surface area (TPSA) is 302 Å². The number of azo groups is 2. The van der Waals surface area contributed by atoms with Gasteiger partial charge in [-0.2, -0.15) is 18.6 Å². The summed E-state index contributed by atoms with van der Waals surface area (Å²) in [6, 6.07) is 31.7. The first-order chi connectivity index (χ1) is 27.9. The normalized spacial score (nSPS) is 11.0. The number of rotatable bonds is 10. The average molecular weight is 924 g/mol. The van der Waals surface area contributed by atoms with Crippen LogP contribution in [-0.2, 0) is 48.4 Å². The first-order valence-electron chi connectivity index (χ1n) is 16.2. The van der Waals surface area contributed by atoms with Crippen molar-refractivity contribution in [1.29, 1.82) is 0 Å². The molecule has 60 heavy (non-hydrogen) atoms. The van der Waals surface area contributed by atoms with E-state index in [1.54, 1.807) is 55.5 Å². The Kier molecular flexibility index (Phi) is 17.1. The number of fused-ring (bicyclic) bond motifs is 1. The van der Waals surface area contributed by atoms with Gasteiger partial charge in [-0.25, -0.2) is 0 Å². The average Bonchev–Trinajstić information content (AvgIpc) is 3.17. The summed E-state index contributed by atoms with van der Waals surface area (Å²) in [6.45, 7) is 1.77. The molecule has 0 aliphatic carbocycles. The summed E-state index contributed by atoms with van der Waals surface area (Å²) >= 11 is 0. The number of anilines is 2. The van der Waals surface area contributed by atoms with Gasteiger partial charge in [0.1, 0.15) is 22.0 Å². The number of aromatic hydroxyl groups is 2. The SMILES string of the molecule is Cc1cc(N=Nc2ccc3cc(Nc4ccccc4)ccc3c2O)c(O)cc1N=Nc1ccc(C=Cc2ccc([N+](=O)[O-])cc2S(=O)(=O)O)cc1.O=S(=O)=O.O=S(=O)=O.[Cu]. The van der Waals surface area contributed by atoms with Crippen molar-refractivity contribution in [3.63, 3.8) is 0 Å². The number of phenols is 2. The van der Waals surface area contributed by atoms with E-state index < -0.39 is 46.8 Å². The Bertz CT molecular complexity index is 2930. The van der Waals surface area contributed by atoms with Crippen molar-refractivity contribution >= 4 is 94.1 Å². The number of para-hydroxylation sites is 1. The summed E-state index contributed by atoms with van der Waals surface area (Å²) in [7, 11) is -10.9. The van der Waals surface area contributed by atoms with Gasteiger partial charge in [0.15, 0.2) is 5.75 Å². The van der Waals surface area contributed by atoms with E-state index in [2.05, 4.69) is 25.8 Å². The molecule has 0 aromatic heterocycles. The molecule has 313 valence electrons. The third-order valence-corrected chi connectivity index (χ3v) is 8.61. The summed E-state index contributed by atoms with van der Waals surface area (Å²) in [4.78, 5) is 9.69. The van der Waals surface area contributed by atoms with Crippen LogP contribution in [0.1, 0.15) is 16.7 Å². The van der Waals surface area contributed by atoms with E-state index in [0.717, 1.165) is 28.9 Å². The van der Waals surface area contributed by atoms with E-state index in [4.69, 9.17) is 25.3 Å². The fraction of sp³-hybridized carbons (Fsp3) is 0.0270. The van der Waals surface area contributed by atoms with E-state index in [-0.39, 0.29) is 45.5 Å². The Balaban J connectivity index is 0.000000981. The minimum absolute atomic E-state index is 0. The molecule has 4 N–H and O–H groups in total. The largest absolute Gasteiger partial charge is 0.506 e. The third-order valence-electron chi connectivity index (χ3n) is 7.70. The van der Waals surface area contributed by atoms with Crippen molar-refractivity contribution in [3.8, 4) is 11.5 Å². The molecule has 0 fully saturated rings. The molecule has 0 unspecified atom stereocenters. The number of nitrogens with zero attached hydrogens (tertiary/aromatic N) is 5. The van der Waals surface area contributed by atoms with Gasteiger partial charge in [-0.1, -0.05) is 48.6 Å². The zero-order valence-electron chi connectivity index (χ0n) is 30.3. The molecule has 1 radical (unpaired) electrons. The van der Waals surface area contributed by atoms with E-state index in [1.165, 1.54) is 18.2 Å². The third kappa shape index (κ3) is 14.1. The zero-order valence-corrected chi connectivity index (χ0v) is 33.7. The molecule has 6 aromatic carbocycles. The number of benzene rings is 6. The first-order valence-corrected chi connectivity index (χ1v) is 19.7. The molecule has 6 rings (SSSR count). The predicted octanol–water partition coefficient (Wildman–Crippen LogP) is 8.45. The van der Waals surface area contributed by atoms with Gasteiger partial charge in [-0.3, -0.25) is 14.7 Å². The molecule has 6 aromatic rings. The van der Waals surface area contributed by atoms with Crippen LogP contribution in [0.2, 0.25) is 0 Å². The van der Waals surface area contributed by atoms with Gasteiger partial charge >= 0.3 is 21.2 Å². The van der Waals surface area contributed by atoms with Crippen LogP contribution >= 0.6 is 0 Å². The van der Waals surface area contributed by atoms with E-state index in [9.17, 15) is 33.3 Å². The Labute approximate surface area is 354 Å². The number of phenolic OH excluding ortho intramolecular Hbond substituents is 2. The van der Waals surface area contributed by atoms with Crippen LogP contribution in [0, 0.1) is 17.0 Å². The van der Waals surface area contributed by atoms with E-state index in [0.29, 0.717) is 27.9 Å². The zero-order chi connectivity index (χ0) is 43.3. The molecule has 0 saturated heterocycles. The molecule has 0 aliphatic heterocycles. The first kappa shape index (κ1) is 47.4. The van der Waals surface area contributed by atoms with Crippen LogP contribution in [0.3, 0.4) is 0 Å². The van der Waals surface area contributed by atoms with Gasteiger partial charge < -0.3 is 15.5 Å². The summed E-state index contributed by atoms with van der Waals surface area (Å²) < 4.78 is 83.7. The molecule has 19 nitrogen and oxygen atoms in total. The molecule has 0 amide bonds. The second-order valence-electron chi connectivity index (χ2n) is 11.7. The fourth-order valence-electron chi connectivity index (χ4n) is 5.06. The van der Waals surface area contributed by atoms with Gasteiger partial charge in [0.05, 0.1) is 16.3 Å². The van der Waals surface area contributed by atoms with Crippen molar-refractivity contribution in [2.45, 2.75) is 11.8 Å². The number of nitro benzene ring substituents is 1. The minimum atomic E-state index is -4.70. The number of aryl methyl sites for hydroxylation is 1. The van der Waals surface area contributed by atoms with Crippen molar-refractivity contribution < 1.29 is 70.4 Å². The van der Waals surface area contributed by atoms with Gasteiger partial charge in [0.2, 0.25) is 0 Å². The predicted molar refractivity (Wildman–Crippen MR) is 214 cm³/mol. The molecule has 0 saturated carbocycles. The molecule has 0 heterocycles. The summed E-state index contributed by atoms with van der Waals surface area (Å²) in [5, 5.41) is 54.1. The second-order valence-corrected chi connectivity index (χ2v) is 13.9. The van der Waals surface area contributed by atoms with Gasteiger partial charge in [-0.05, 0) is 89.7 Å². The fourth-order valence-corrected chi connectivity index (χ4v) is 5.77. The van der Waals surface area contributed by atoms with Crippen LogP contribution in [0.15, 0.2) is 141 Å². The van der Waals surface area contributed by atoms with E-state index >= 15 is 0 Å². The van der Waals surface area contributed by atoms with Crippen molar-refractivity contribution in [2.75, 3.05) is 5.32 Å². The number of non-ortho nitro benzene ring substituents is 1. The number of hydrogen-bond donors (Lipinski definition) is 4. The molecule has 0 aliphatic rings. The Morgan fingerprint density at radius 2 is 1.30 bits per heavy atom. The van der Waals surface area contributed by atoms with Crippen LogP contribution in [0.4, 0.5) is 39.8 Å². The summed E-state index contributed by atoms with van der Waals surface area (Å²) in [6.07, 6.45) is 2.99. The smallest absolute Gasteiger partial charge is 0.425 e. The van der Waals surface area contributed by atoms with Crippen LogP contribution in [0.5, 0.6) is 11.5 Å². The molecular weight excluding hydrogens is 896 g/mol. The number of nitrogens with one attached hydrogen (secondary N) is 1. The van der Waals surface area contributed by atoms with Crippen LogP contribution < -0.4 is 5.32 Å². The maximum atomic E-state index is 11.8. The standard InChI is InChI=1S/C37H28N6O7S.Cu.2O3S/c1-23-19-34(42-40-32-18-12-26-20-29(15-17-31(26)37(32)45)38-27-5-3-2-4-6-27)35(44)22-33(23)41-39-28-13-8-24(9-14-28)7-10-25-11-16-30(43(46)47)21-36(25)51(48,49)50;;2*1-4(2)3/h2-22,38,44-45H,1H3,(H,48,49,50);;;. The maximum absolute atomic E-state index is 11.8. The van der Waals surface area contributed by atoms with Crippen molar-refractivity contribution in [2.24, 2.45) is 20.5 Å². The molecule has 0 bridgehead atoms. The molecule has 23 heteroatoms. The summed E-state index contributed by atoms with van der Waals surface area (Å²) in [5.41, 5.74) is 4.01. The molecular formula is C37H28CuN6O13S3. The van der Waals surface area contributed by atoms with Crippen LogP contribution in [-0.4, -0.2) is 53.4 Å².